The summed E-state index contributed by atoms with van der Waals surface area (Å²) in [5, 5.41) is 9.81. The summed E-state index contributed by atoms with van der Waals surface area (Å²) in [6, 6.07) is 23.4. The maximum absolute atomic E-state index is 14.0. The van der Waals surface area contributed by atoms with Gasteiger partial charge in [0.05, 0.1) is 12.6 Å². The first-order valence-electron chi connectivity index (χ1n) is 13.6. The number of thioether (sulfide) groups is 1. The fraction of sp³-hybridized carbons (Fsp3) is 0.323. The average molecular weight is 559 g/mol. The van der Waals surface area contributed by atoms with Gasteiger partial charge in [0, 0.05) is 16.1 Å². The number of ketones is 1. The number of aromatic nitrogens is 3. The zero-order valence-corrected chi connectivity index (χ0v) is 23.4. The Labute approximate surface area is 238 Å². The molecule has 1 saturated carbocycles. The molecule has 1 aliphatic carbocycles. The number of carbonyl (C=O) groups is 1. The number of hydrogen-bond donors (Lipinski definition) is 1. The molecule has 4 aromatic rings. The van der Waals surface area contributed by atoms with Gasteiger partial charge in [-0.15, -0.1) is 10.2 Å². The molecule has 3 aromatic carbocycles. The molecule has 6 nitrogen and oxygen atoms in total. The standard InChI is InChI=1S/C31H31ClN4O2S/c1-2-38-26-18-14-24(15-19-26)30-33-34-31-36(30)35-27(22-12-16-25(32)17-13-22)29(39-31)28(37)23-10-8-21(9-11-23)20-6-4-3-5-7-20/h8-20,27,29,35H,2-7H2,1H3/t27-,29+/m0/s1. The van der Waals surface area contributed by atoms with Crippen molar-refractivity contribution >= 4 is 29.1 Å². The molecule has 200 valence electrons. The van der Waals surface area contributed by atoms with Crippen LogP contribution in [0.15, 0.2) is 78.0 Å². The number of Topliss-reactive ketones (excluding diaryl/α,β-unsaturated/α-hetero) is 1. The van der Waals surface area contributed by atoms with Gasteiger partial charge in [0.2, 0.25) is 5.16 Å². The lowest BCUT2D eigenvalue weighted by Gasteiger charge is -2.33. The maximum atomic E-state index is 14.0. The van der Waals surface area contributed by atoms with Crippen LogP contribution in [0.25, 0.3) is 11.4 Å². The van der Waals surface area contributed by atoms with Crippen LogP contribution in [0.5, 0.6) is 5.75 Å². The van der Waals surface area contributed by atoms with Gasteiger partial charge in [-0.25, -0.2) is 4.68 Å². The first-order valence-corrected chi connectivity index (χ1v) is 14.9. The van der Waals surface area contributed by atoms with Gasteiger partial charge in [0.1, 0.15) is 11.0 Å². The number of fused-ring (bicyclic) bond motifs is 1. The SMILES string of the molecule is CCOc1ccc(-c2nnc3n2N[C@@H](c2ccc(Cl)cc2)[C@H](C(=O)c2ccc(C4CCCCC4)cc2)S3)cc1. The van der Waals surface area contributed by atoms with Gasteiger partial charge in [-0.05, 0) is 73.2 Å². The van der Waals surface area contributed by atoms with Crippen molar-refractivity contribution < 1.29 is 9.53 Å². The Morgan fingerprint density at radius 2 is 1.64 bits per heavy atom. The number of halogens is 1. The second kappa shape index (κ2) is 11.4. The van der Waals surface area contributed by atoms with Crippen molar-refractivity contribution in [3.05, 3.63) is 94.5 Å². The molecule has 2 aliphatic rings. The van der Waals surface area contributed by atoms with Crippen LogP contribution in [-0.2, 0) is 0 Å². The van der Waals surface area contributed by atoms with Gasteiger partial charge >= 0.3 is 0 Å². The molecule has 1 aromatic heterocycles. The summed E-state index contributed by atoms with van der Waals surface area (Å²) in [6.45, 7) is 2.57. The maximum Gasteiger partial charge on any atom is 0.211 e. The largest absolute Gasteiger partial charge is 0.494 e. The van der Waals surface area contributed by atoms with Crippen LogP contribution in [0.1, 0.15) is 72.5 Å². The van der Waals surface area contributed by atoms with Gasteiger partial charge in [-0.3, -0.25) is 4.79 Å². The minimum absolute atomic E-state index is 0.0690. The lowest BCUT2D eigenvalue weighted by Crippen LogP contribution is -2.39. The highest BCUT2D eigenvalue weighted by Gasteiger charge is 2.38. The number of nitrogens with zero attached hydrogens (tertiary/aromatic N) is 3. The normalized spacial score (nSPS) is 19.2. The molecule has 0 spiro atoms. The summed E-state index contributed by atoms with van der Waals surface area (Å²) in [5.41, 5.74) is 7.50. The van der Waals surface area contributed by atoms with Crippen LogP contribution < -0.4 is 10.2 Å². The van der Waals surface area contributed by atoms with E-state index >= 15 is 0 Å². The molecule has 1 fully saturated rings. The number of nitrogens with one attached hydrogen (secondary N) is 1. The second-order valence-electron chi connectivity index (χ2n) is 10.1. The van der Waals surface area contributed by atoms with E-state index in [1.54, 1.807) is 0 Å². The minimum atomic E-state index is -0.420. The third-order valence-electron chi connectivity index (χ3n) is 7.62. The predicted octanol–water partition coefficient (Wildman–Crippen LogP) is 7.69. The molecule has 8 heteroatoms. The molecule has 0 radical (unpaired) electrons. The Morgan fingerprint density at radius 3 is 2.33 bits per heavy atom. The highest BCUT2D eigenvalue weighted by molar-refractivity contribution is 8.00. The Morgan fingerprint density at radius 1 is 0.949 bits per heavy atom. The van der Waals surface area contributed by atoms with Gasteiger partial charge in [-0.1, -0.05) is 79.0 Å². The van der Waals surface area contributed by atoms with E-state index in [9.17, 15) is 4.79 Å². The fourth-order valence-electron chi connectivity index (χ4n) is 5.55. The minimum Gasteiger partial charge on any atom is -0.494 e. The summed E-state index contributed by atoms with van der Waals surface area (Å²) >= 11 is 7.65. The van der Waals surface area contributed by atoms with Gasteiger partial charge in [-0.2, -0.15) is 0 Å². The fourth-order valence-corrected chi connectivity index (χ4v) is 6.83. The molecule has 0 bridgehead atoms. The first-order chi connectivity index (χ1) is 19.1. The molecule has 0 saturated heterocycles. The summed E-state index contributed by atoms with van der Waals surface area (Å²) in [4.78, 5) is 14.0. The molecule has 1 N–H and O–H groups in total. The number of carbonyl (C=O) groups excluding carboxylic acids is 1. The van der Waals surface area contributed by atoms with E-state index in [1.165, 1.54) is 49.4 Å². The zero-order chi connectivity index (χ0) is 26.8. The lowest BCUT2D eigenvalue weighted by atomic mass is 9.83. The van der Waals surface area contributed by atoms with Crippen molar-refractivity contribution in [2.24, 2.45) is 0 Å². The van der Waals surface area contributed by atoms with Crippen LogP contribution in [0, 0.1) is 0 Å². The van der Waals surface area contributed by atoms with Crippen molar-refractivity contribution in [2.45, 2.75) is 61.4 Å². The summed E-state index contributed by atoms with van der Waals surface area (Å²) in [7, 11) is 0. The van der Waals surface area contributed by atoms with Crippen molar-refractivity contribution in [1.82, 2.24) is 14.9 Å². The first kappa shape index (κ1) is 26.0. The van der Waals surface area contributed by atoms with Crippen molar-refractivity contribution in [2.75, 3.05) is 12.0 Å². The average Bonchev–Trinajstić information content (AvgIpc) is 3.41. The zero-order valence-electron chi connectivity index (χ0n) is 21.8. The highest BCUT2D eigenvalue weighted by atomic mass is 35.5. The van der Waals surface area contributed by atoms with Crippen molar-refractivity contribution in [3.8, 4) is 17.1 Å². The van der Waals surface area contributed by atoms with E-state index in [0.717, 1.165) is 16.9 Å². The number of hydrogen-bond acceptors (Lipinski definition) is 6. The number of rotatable bonds is 7. The van der Waals surface area contributed by atoms with Gasteiger partial charge in [0.15, 0.2) is 11.6 Å². The number of ether oxygens (including phenoxy) is 1. The third-order valence-corrected chi connectivity index (χ3v) is 9.09. The third kappa shape index (κ3) is 5.43. The Kier molecular flexibility index (Phi) is 7.62. The Hall–Kier alpha value is -3.29. The summed E-state index contributed by atoms with van der Waals surface area (Å²) < 4.78 is 7.47. The van der Waals surface area contributed by atoms with Crippen LogP contribution in [-0.4, -0.2) is 32.5 Å². The van der Waals surface area contributed by atoms with Crippen molar-refractivity contribution in [1.29, 1.82) is 0 Å². The molecule has 6 rings (SSSR count). The van der Waals surface area contributed by atoms with Gasteiger partial charge in [0.25, 0.3) is 0 Å². The molecular weight excluding hydrogens is 528 g/mol. The van der Waals surface area contributed by atoms with E-state index in [4.69, 9.17) is 16.3 Å². The predicted molar refractivity (Wildman–Crippen MR) is 156 cm³/mol. The quantitative estimate of drug-likeness (QED) is 0.234. The smallest absolute Gasteiger partial charge is 0.211 e. The van der Waals surface area contributed by atoms with Crippen LogP contribution in [0.4, 0.5) is 0 Å². The van der Waals surface area contributed by atoms with Crippen LogP contribution >= 0.6 is 23.4 Å². The Balaban J connectivity index is 1.31. The molecule has 0 unspecified atom stereocenters. The number of benzene rings is 3. The molecule has 1 aliphatic heterocycles. The van der Waals surface area contributed by atoms with E-state index in [-0.39, 0.29) is 11.8 Å². The van der Waals surface area contributed by atoms with Crippen LogP contribution in [0.2, 0.25) is 5.02 Å². The summed E-state index contributed by atoms with van der Waals surface area (Å²) in [5.74, 6) is 2.16. The molecule has 39 heavy (non-hydrogen) atoms. The second-order valence-corrected chi connectivity index (χ2v) is 11.7. The molecular formula is C31H31ClN4O2S. The topological polar surface area (TPSA) is 69.0 Å². The Bertz CT molecular complexity index is 1430. The van der Waals surface area contributed by atoms with E-state index < -0.39 is 5.25 Å². The van der Waals surface area contributed by atoms with E-state index in [2.05, 4.69) is 27.8 Å². The van der Waals surface area contributed by atoms with E-state index in [0.29, 0.717) is 34.1 Å². The van der Waals surface area contributed by atoms with Crippen molar-refractivity contribution in [3.63, 3.8) is 0 Å². The monoisotopic (exact) mass is 558 g/mol. The van der Waals surface area contributed by atoms with Crippen LogP contribution in [0.3, 0.4) is 0 Å². The molecule has 2 atom stereocenters. The molecule has 2 heterocycles. The lowest BCUT2D eigenvalue weighted by molar-refractivity contribution is 0.0980. The van der Waals surface area contributed by atoms with Gasteiger partial charge < -0.3 is 10.2 Å². The molecule has 0 amide bonds. The highest BCUT2D eigenvalue weighted by Crippen LogP contribution is 2.41. The van der Waals surface area contributed by atoms with E-state index in [1.807, 2.05) is 72.3 Å². The summed E-state index contributed by atoms with van der Waals surface area (Å²) in [6.07, 6.45) is 6.38.